The molecule has 0 radical (unpaired) electrons. The molecule has 2 aliphatic heterocycles. The molecular weight excluding hydrogens is 234 g/mol. The Balaban J connectivity index is 1.65. The van der Waals surface area contributed by atoms with Crippen molar-refractivity contribution in [3.05, 3.63) is 0 Å². The lowest BCUT2D eigenvalue weighted by molar-refractivity contribution is -0.141. The van der Waals surface area contributed by atoms with Gasteiger partial charge in [-0.2, -0.15) is 0 Å². The minimum atomic E-state index is -0.326. The molecule has 0 spiro atoms. The van der Waals surface area contributed by atoms with E-state index in [0.29, 0.717) is 32.3 Å². The normalized spacial score (nSPS) is 34.2. The maximum absolute atomic E-state index is 12.2. The first-order valence-electron chi connectivity index (χ1n) is 6.74. The number of nitrogens with zero attached hydrogens (tertiary/aromatic N) is 1. The zero-order valence-corrected chi connectivity index (χ0v) is 11.1. The van der Waals surface area contributed by atoms with Crippen LogP contribution < -0.4 is 0 Å². The quantitative estimate of drug-likeness (QED) is 0.748. The predicted molar refractivity (Wildman–Crippen MR) is 64.3 cm³/mol. The standard InChI is InChI=1S/C13H21NO4/c1-13(2)8-14(10-6-16-7-11(10)18-13)12(15)17-5-9-3-4-9/h9-11H,3-8H2,1-2H3/t10-,11-/m1/s1. The maximum atomic E-state index is 12.2. The van der Waals surface area contributed by atoms with Gasteiger partial charge in [-0.15, -0.1) is 0 Å². The van der Waals surface area contributed by atoms with Gasteiger partial charge in [-0.25, -0.2) is 4.79 Å². The van der Waals surface area contributed by atoms with Gasteiger partial charge in [0.05, 0.1) is 38.0 Å². The molecule has 2 heterocycles. The molecule has 5 nitrogen and oxygen atoms in total. The number of morpholine rings is 1. The Morgan fingerprint density at radius 3 is 2.89 bits per heavy atom. The highest BCUT2D eigenvalue weighted by atomic mass is 16.6. The first-order valence-corrected chi connectivity index (χ1v) is 6.74. The van der Waals surface area contributed by atoms with Gasteiger partial charge in [0.1, 0.15) is 6.10 Å². The molecule has 1 saturated carbocycles. The van der Waals surface area contributed by atoms with Gasteiger partial charge in [0.25, 0.3) is 0 Å². The van der Waals surface area contributed by atoms with Gasteiger partial charge in [0.2, 0.25) is 0 Å². The summed E-state index contributed by atoms with van der Waals surface area (Å²) in [5.41, 5.74) is -0.326. The van der Waals surface area contributed by atoms with Crippen molar-refractivity contribution in [1.82, 2.24) is 4.90 Å². The van der Waals surface area contributed by atoms with Crippen LogP contribution in [0, 0.1) is 5.92 Å². The second-order valence-corrected chi connectivity index (χ2v) is 6.17. The van der Waals surface area contributed by atoms with Crippen molar-refractivity contribution < 1.29 is 19.0 Å². The van der Waals surface area contributed by atoms with Crippen LogP contribution in [0.5, 0.6) is 0 Å². The summed E-state index contributed by atoms with van der Waals surface area (Å²) < 4.78 is 16.8. The number of ether oxygens (including phenoxy) is 3. The molecule has 3 aliphatic rings. The highest BCUT2D eigenvalue weighted by Crippen LogP contribution is 2.32. The third-order valence-electron chi connectivity index (χ3n) is 3.80. The molecule has 0 unspecified atom stereocenters. The van der Waals surface area contributed by atoms with E-state index in [-0.39, 0.29) is 23.8 Å². The zero-order chi connectivity index (χ0) is 12.8. The number of hydrogen-bond acceptors (Lipinski definition) is 4. The average molecular weight is 255 g/mol. The zero-order valence-electron chi connectivity index (χ0n) is 11.1. The van der Waals surface area contributed by atoms with Crippen molar-refractivity contribution in [2.45, 2.75) is 44.4 Å². The summed E-state index contributed by atoms with van der Waals surface area (Å²) in [6, 6.07) is 0.0183. The Hall–Kier alpha value is -0.810. The molecule has 0 aromatic carbocycles. The lowest BCUT2D eigenvalue weighted by Gasteiger charge is -2.44. The molecule has 2 atom stereocenters. The van der Waals surface area contributed by atoms with Gasteiger partial charge in [0, 0.05) is 0 Å². The van der Waals surface area contributed by atoms with E-state index in [4.69, 9.17) is 14.2 Å². The summed E-state index contributed by atoms with van der Waals surface area (Å²) in [5.74, 6) is 0.596. The molecule has 1 aliphatic carbocycles. The van der Waals surface area contributed by atoms with E-state index < -0.39 is 0 Å². The molecule has 5 heteroatoms. The van der Waals surface area contributed by atoms with Gasteiger partial charge >= 0.3 is 6.09 Å². The molecule has 0 bridgehead atoms. The van der Waals surface area contributed by atoms with E-state index in [1.165, 1.54) is 12.8 Å². The average Bonchev–Trinajstić information content (AvgIpc) is 3.02. The fraction of sp³-hybridized carbons (Fsp3) is 0.923. The van der Waals surface area contributed by atoms with E-state index in [0.717, 1.165) is 0 Å². The van der Waals surface area contributed by atoms with Crippen molar-refractivity contribution in [3.63, 3.8) is 0 Å². The summed E-state index contributed by atoms with van der Waals surface area (Å²) >= 11 is 0. The second-order valence-electron chi connectivity index (χ2n) is 6.17. The van der Waals surface area contributed by atoms with Crippen LogP contribution in [0.3, 0.4) is 0 Å². The summed E-state index contributed by atoms with van der Waals surface area (Å²) in [6.07, 6.45) is 2.16. The summed E-state index contributed by atoms with van der Waals surface area (Å²) in [5, 5.41) is 0. The molecule has 3 fully saturated rings. The molecule has 3 rings (SSSR count). The van der Waals surface area contributed by atoms with Crippen LogP contribution >= 0.6 is 0 Å². The molecule has 2 saturated heterocycles. The van der Waals surface area contributed by atoms with Crippen LogP contribution in [0.25, 0.3) is 0 Å². The monoisotopic (exact) mass is 255 g/mol. The molecule has 102 valence electrons. The molecule has 1 amide bonds. The first-order chi connectivity index (χ1) is 8.55. The minimum Gasteiger partial charge on any atom is -0.449 e. The van der Waals surface area contributed by atoms with Crippen LogP contribution in [0.1, 0.15) is 26.7 Å². The van der Waals surface area contributed by atoms with E-state index in [9.17, 15) is 4.79 Å². The summed E-state index contributed by atoms with van der Waals surface area (Å²) in [7, 11) is 0. The Morgan fingerprint density at radius 2 is 2.17 bits per heavy atom. The number of carbonyl (C=O) groups excluding carboxylic acids is 1. The van der Waals surface area contributed by atoms with Gasteiger partial charge in [0.15, 0.2) is 0 Å². The van der Waals surface area contributed by atoms with Crippen LogP contribution in [0.2, 0.25) is 0 Å². The fourth-order valence-corrected chi connectivity index (χ4v) is 2.66. The maximum Gasteiger partial charge on any atom is 0.410 e. The fourth-order valence-electron chi connectivity index (χ4n) is 2.66. The van der Waals surface area contributed by atoms with Gasteiger partial charge in [-0.1, -0.05) is 0 Å². The number of rotatable bonds is 2. The largest absolute Gasteiger partial charge is 0.449 e. The van der Waals surface area contributed by atoms with Crippen LogP contribution in [-0.2, 0) is 14.2 Å². The summed E-state index contributed by atoms with van der Waals surface area (Å²) in [6.45, 7) is 6.26. The van der Waals surface area contributed by atoms with Crippen LogP contribution in [0.4, 0.5) is 4.79 Å². The van der Waals surface area contributed by atoms with Crippen molar-refractivity contribution in [3.8, 4) is 0 Å². The van der Waals surface area contributed by atoms with Gasteiger partial charge in [-0.3, -0.25) is 4.90 Å². The second kappa shape index (κ2) is 4.38. The van der Waals surface area contributed by atoms with Crippen molar-refractivity contribution in [2.75, 3.05) is 26.4 Å². The first kappa shape index (κ1) is 12.2. The predicted octanol–water partition coefficient (Wildman–Crippen LogP) is 1.41. The van der Waals surface area contributed by atoms with E-state index in [1.54, 1.807) is 4.90 Å². The molecule has 0 aromatic heterocycles. The minimum absolute atomic E-state index is 0.0118. The molecule has 18 heavy (non-hydrogen) atoms. The topological polar surface area (TPSA) is 48.0 Å². The lowest BCUT2D eigenvalue weighted by Crippen LogP contribution is -2.60. The van der Waals surface area contributed by atoms with E-state index in [1.807, 2.05) is 13.8 Å². The Labute approximate surface area is 107 Å². The van der Waals surface area contributed by atoms with Crippen molar-refractivity contribution in [1.29, 1.82) is 0 Å². The number of hydrogen-bond donors (Lipinski definition) is 0. The highest BCUT2D eigenvalue weighted by Gasteiger charge is 2.46. The van der Waals surface area contributed by atoms with Gasteiger partial charge < -0.3 is 14.2 Å². The Kier molecular flexibility index (Phi) is 2.98. The number of carbonyl (C=O) groups is 1. The molecular formula is C13H21NO4. The molecule has 0 aromatic rings. The third kappa shape index (κ3) is 2.47. The number of fused-ring (bicyclic) bond motifs is 1. The van der Waals surface area contributed by atoms with E-state index >= 15 is 0 Å². The third-order valence-corrected chi connectivity index (χ3v) is 3.80. The number of amides is 1. The van der Waals surface area contributed by atoms with Crippen LogP contribution in [-0.4, -0.2) is 55.1 Å². The van der Waals surface area contributed by atoms with Crippen molar-refractivity contribution in [2.24, 2.45) is 5.92 Å². The molecule has 0 N–H and O–H groups in total. The smallest absolute Gasteiger partial charge is 0.410 e. The lowest BCUT2D eigenvalue weighted by atomic mass is 10.0. The Bertz CT molecular complexity index is 340. The van der Waals surface area contributed by atoms with Crippen molar-refractivity contribution >= 4 is 6.09 Å². The summed E-state index contributed by atoms with van der Waals surface area (Å²) in [4.78, 5) is 13.9. The SMILES string of the molecule is CC1(C)CN(C(=O)OCC2CC2)[C@@H]2COC[C@H]2O1. The highest BCUT2D eigenvalue weighted by molar-refractivity contribution is 5.68. The van der Waals surface area contributed by atoms with Gasteiger partial charge in [-0.05, 0) is 32.6 Å². The van der Waals surface area contributed by atoms with E-state index in [2.05, 4.69) is 0 Å². The van der Waals surface area contributed by atoms with Crippen LogP contribution in [0.15, 0.2) is 0 Å². The Morgan fingerprint density at radius 1 is 1.39 bits per heavy atom.